The van der Waals surface area contributed by atoms with Crippen LogP contribution in [-0.2, 0) is 4.74 Å². The third-order valence-electron chi connectivity index (χ3n) is 1.93. The van der Waals surface area contributed by atoms with Crippen LogP contribution in [-0.4, -0.2) is 16.6 Å². The highest BCUT2D eigenvalue weighted by Crippen LogP contribution is 2.28. The molecule has 0 aromatic heterocycles. The second-order valence-corrected chi connectivity index (χ2v) is 3.74. The van der Waals surface area contributed by atoms with Gasteiger partial charge in [-0.1, -0.05) is 48.8 Å². The van der Waals surface area contributed by atoms with Crippen LogP contribution in [0.2, 0.25) is 0 Å². The van der Waals surface area contributed by atoms with Crippen LogP contribution in [0.15, 0.2) is 0 Å². The summed E-state index contributed by atoms with van der Waals surface area (Å²) in [7, 11) is 0. The fraction of sp³-hybridized carbons (Fsp3) is 1.00. The monoisotopic (exact) mass is 254 g/mol. The van der Waals surface area contributed by atoms with Crippen molar-refractivity contribution in [2.45, 2.75) is 44.8 Å². The van der Waals surface area contributed by atoms with Gasteiger partial charge in [0.25, 0.3) is 0 Å². The molecule has 0 bridgehead atoms. The van der Waals surface area contributed by atoms with E-state index in [0.29, 0.717) is 12.2 Å². The maximum absolute atomic E-state index is 5.41. The first-order chi connectivity index (χ1) is 4.88. The summed E-state index contributed by atoms with van der Waals surface area (Å²) in [5.74, 6) is 0. The van der Waals surface area contributed by atoms with E-state index in [1.165, 1.54) is 30.1 Å². The normalized spacial score (nSPS) is 30.6. The standard InChI is InChI=1S/C8H15IO/c1-2-3-4-5-7-8(6-9)10-7/h7-8H,2-6H2,1H3/t7-,8-/m0/s1. The molecule has 0 radical (unpaired) electrons. The van der Waals surface area contributed by atoms with E-state index in [0.717, 1.165) is 0 Å². The van der Waals surface area contributed by atoms with Crippen molar-refractivity contribution in [1.82, 2.24) is 0 Å². The van der Waals surface area contributed by atoms with Gasteiger partial charge in [-0.2, -0.15) is 0 Å². The summed E-state index contributed by atoms with van der Waals surface area (Å²) in [6, 6.07) is 0. The van der Waals surface area contributed by atoms with Crippen LogP contribution in [0, 0.1) is 0 Å². The number of halogens is 1. The fourth-order valence-corrected chi connectivity index (χ4v) is 1.94. The number of alkyl halides is 1. The van der Waals surface area contributed by atoms with E-state index in [-0.39, 0.29) is 0 Å². The molecule has 1 nitrogen and oxygen atoms in total. The van der Waals surface area contributed by atoms with E-state index in [9.17, 15) is 0 Å². The molecular formula is C8H15IO. The van der Waals surface area contributed by atoms with Crippen LogP contribution in [0.4, 0.5) is 0 Å². The van der Waals surface area contributed by atoms with Crippen molar-refractivity contribution in [3.05, 3.63) is 0 Å². The summed E-state index contributed by atoms with van der Waals surface area (Å²) in [6.45, 7) is 2.24. The number of hydrogen-bond donors (Lipinski definition) is 0. The average Bonchev–Trinajstić information content (AvgIpc) is 2.68. The first-order valence-electron chi connectivity index (χ1n) is 4.10. The highest BCUT2D eigenvalue weighted by atomic mass is 127. The van der Waals surface area contributed by atoms with E-state index in [1.54, 1.807) is 0 Å². The van der Waals surface area contributed by atoms with Crippen molar-refractivity contribution in [3.8, 4) is 0 Å². The van der Waals surface area contributed by atoms with Crippen LogP contribution in [0.5, 0.6) is 0 Å². The van der Waals surface area contributed by atoms with Crippen molar-refractivity contribution < 1.29 is 4.74 Å². The predicted molar refractivity (Wildman–Crippen MR) is 51.7 cm³/mol. The molecule has 1 saturated heterocycles. The molecular weight excluding hydrogens is 239 g/mol. The average molecular weight is 254 g/mol. The lowest BCUT2D eigenvalue weighted by Crippen LogP contribution is -1.93. The van der Waals surface area contributed by atoms with Gasteiger partial charge in [0.05, 0.1) is 12.2 Å². The molecule has 1 aliphatic rings. The van der Waals surface area contributed by atoms with E-state index in [2.05, 4.69) is 29.5 Å². The maximum Gasteiger partial charge on any atom is 0.0931 e. The zero-order valence-electron chi connectivity index (χ0n) is 6.48. The molecule has 0 spiro atoms. The van der Waals surface area contributed by atoms with Crippen LogP contribution in [0.3, 0.4) is 0 Å². The van der Waals surface area contributed by atoms with Crippen LogP contribution >= 0.6 is 22.6 Å². The van der Waals surface area contributed by atoms with E-state index in [1.807, 2.05) is 0 Å². The van der Waals surface area contributed by atoms with Gasteiger partial charge in [-0.05, 0) is 6.42 Å². The Balaban J connectivity index is 1.87. The Kier molecular flexibility index (Phi) is 3.99. The lowest BCUT2D eigenvalue weighted by atomic mass is 10.1. The van der Waals surface area contributed by atoms with E-state index >= 15 is 0 Å². The third-order valence-corrected chi connectivity index (χ3v) is 2.80. The Hall–Kier alpha value is 0.690. The Bertz CT molecular complexity index is 95.3. The minimum absolute atomic E-state index is 0.609. The lowest BCUT2D eigenvalue weighted by Gasteiger charge is -1.92. The molecule has 0 saturated carbocycles. The molecule has 1 rings (SSSR count). The van der Waals surface area contributed by atoms with Crippen molar-refractivity contribution >= 4 is 22.6 Å². The molecule has 0 aliphatic carbocycles. The van der Waals surface area contributed by atoms with Gasteiger partial charge in [0, 0.05) is 4.43 Å². The molecule has 0 amide bonds. The smallest absolute Gasteiger partial charge is 0.0931 e. The SMILES string of the molecule is CCCCC[C@@H]1O[C@H]1CI. The highest BCUT2D eigenvalue weighted by molar-refractivity contribution is 14.1. The van der Waals surface area contributed by atoms with Crippen molar-refractivity contribution in [3.63, 3.8) is 0 Å². The van der Waals surface area contributed by atoms with Crippen molar-refractivity contribution in [2.24, 2.45) is 0 Å². The molecule has 0 aromatic carbocycles. The van der Waals surface area contributed by atoms with Gasteiger partial charge in [-0.25, -0.2) is 0 Å². The van der Waals surface area contributed by atoms with Gasteiger partial charge >= 0.3 is 0 Å². The fourth-order valence-electron chi connectivity index (χ4n) is 1.16. The van der Waals surface area contributed by atoms with Gasteiger partial charge in [0.15, 0.2) is 0 Å². The summed E-state index contributed by atoms with van der Waals surface area (Å²) in [5, 5.41) is 0. The van der Waals surface area contributed by atoms with Crippen molar-refractivity contribution in [1.29, 1.82) is 0 Å². The number of ether oxygens (including phenoxy) is 1. The number of epoxide rings is 1. The molecule has 10 heavy (non-hydrogen) atoms. The zero-order valence-corrected chi connectivity index (χ0v) is 8.63. The van der Waals surface area contributed by atoms with E-state index < -0.39 is 0 Å². The zero-order chi connectivity index (χ0) is 7.40. The molecule has 0 aromatic rings. The topological polar surface area (TPSA) is 12.5 Å². The Morgan fingerprint density at radius 2 is 2.10 bits per heavy atom. The van der Waals surface area contributed by atoms with Crippen LogP contribution in [0.25, 0.3) is 0 Å². The Morgan fingerprint density at radius 3 is 2.60 bits per heavy atom. The Morgan fingerprint density at radius 1 is 1.30 bits per heavy atom. The largest absolute Gasteiger partial charge is 0.369 e. The quantitative estimate of drug-likeness (QED) is 0.318. The third kappa shape index (κ3) is 2.74. The minimum Gasteiger partial charge on any atom is -0.369 e. The molecule has 1 aliphatic heterocycles. The first-order valence-corrected chi connectivity index (χ1v) is 5.62. The Labute approximate surface area is 76.7 Å². The number of unbranched alkanes of at least 4 members (excludes halogenated alkanes) is 2. The lowest BCUT2D eigenvalue weighted by molar-refractivity contribution is 0.368. The summed E-state index contributed by atoms with van der Waals surface area (Å²) in [4.78, 5) is 0. The van der Waals surface area contributed by atoms with Crippen molar-refractivity contribution in [2.75, 3.05) is 4.43 Å². The maximum atomic E-state index is 5.41. The molecule has 1 fully saturated rings. The molecule has 1 heterocycles. The predicted octanol–water partition coefficient (Wildman–Crippen LogP) is 2.77. The highest BCUT2D eigenvalue weighted by Gasteiger charge is 2.36. The second-order valence-electron chi connectivity index (χ2n) is 2.86. The van der Waals surface area contributed by atoms with Crippen LogP contribution in [0.1, 0.15) is 32.6 Å². The molecule has 2 atom stereocenters. The summed E-state index contributed by atoms with van der Waals surface area (Å²) >= 11 is 2.39. The number of rotatable bonds is 5. The second kappa shape index (κ2) is 4.54. The molecule has 2 heteroatoms. The van der Waals surface area contributed by atoms with Gasteiger partial charge in [0.1, 0.15) is 0 Å². The molecule has 60 valence electrons. The molecule has 0 unspecified atom stereocenters. The van der Waals surface area contributed by atoms with Gasteiger partial charge in [0.2, 0.25) is 0 Å². The van der Waals surface area contributed by atoms with Gasteiger partial charge in [-0.15, -0.1) is 0 Å². The van der Waals surface area contributed by atoms with E-state index in [4.69, 9.17) is 4.74 Å². The summed E-state index contributed by atoms with van der Waals surface area (Å²) in [6.07, 6.45) is 6.58. The minimum atomic E-state index is 0.609. The number of hydrogen-bond acceptors (Lipinski definition) is 1. The molecule has 0 N–H and O–H groups in total. The summed E-state index contributed by atoms with van der Waals surface area (Å²) < 4.78 is 6.58. The van der Waals surface area contributed by atoms with Gasteiger partial charge < -0.3 is 4.74 Å². The van der Waals surface area contributed by atoms with Crippen LogP contribution < -0.4 is 0 Å². The summed E-state index contributed by atoms with van der Waals surface area (Å²) in [5.41, 5.74) is 0. The van der Waals surface area contributed by atoms with Gasteiger partial charge in [-0.3, -0.25) is 0 Å². The first kappa shape index (κ1) is 8.78.